The topological polar surface area (TPSA) is 40.5 Å². The zero-order chi connectivity index (χ0) is 14.7. The van der Waals surface area contributed by atoms with Gasteiger partial charge in [-0.2, -0.15) is 0 Å². The van der Waals surface area contributed by atoms with Crippen molar-refractivity contribution in [2.24, 2.45) is 0 Å². The van der Waals surface area contributed by atoms with Gasteiger partial charge in [-0.3, -0.25) is 4.79 Å². The standard InChI is InChI=1S/C15H18BrNO3/c1-10(2)17-9-13(16)15(18)12-8-11(4-5-14(12)17)20-7-6-19-3/h4-5,8-10H,6-7H2,1-3H3. The van der Waals surface area contributed by atoms with E-state index < -0.39 is 0 Å². The Morgan fingerprint density at radius 2 is 2.05 bits per heavy atom. The van der Waals surface area contributed by atoms with Gasteiger partial charge in [0.15, 0.2) is 0 Å². The summed E-state index contributed by atoms with van der Waals surface area (Å²) in [5, 5.41) is 0.656. The lowest BCUT2D eigenvalue weighted by Gasteiger charge is -2.16. The Balaban J connectivity index is 2.51. The third-order valence-corrected chi connectivity index (χ3v) is 3.64. The molecule has 4 nitrogen and oxygen atoms in total. The van der Waals surface area contributed by atoms with Crippen molar-refractivity contribution in [3.8, 4) is 5.75 Å². The van der Waals surface area contributed by atoms with E-state index in [0.29, 0.717) is 28.8 Å². The Morgan fingerprint density at radius 3 is 2.70 bits per heavy atom. The van der Waals surface area contributed by atoms with Gasteiger partial charge in [-0.25, -0.2) is 0 Å². The number of hydrogen-bond donors (Lipinski definition) is 0. The lowest BCUT2D eigenvalue weighted by molar-refractivity contribution is 0.146. The van der Waals surface area contributed by atoms with Crippen molar-refractivity contribution in [2.75, 3.05) is 20.3 Å². The van der Waals surface area contributed by atoms with Gasteiger partial charge in [0.2, 0.25) is 5.43 Å². The number of fused-ring (bicyclic) bond motifs is 1. The molecule has 0 saturated heterocycles. The van der Waals surface area contributed by atoms with E-state index in [2.05, 4.69) is 34.3 Å². The fraction of sp³-hybridized carbons (Fsp3) is 0.400. The molecule has 108 valence electrons. The van der Waals surface area contributed by atoms with Crippen molar-refractivity contribution in [3.05, 3.63) is 39.1 Å². The van der Waals surface area contributed by atoms with E-state index in [1.54, 1.807) is 13.2 Å². The Kier molecular flexibility index (Phi) is 4.83. The third-order valence-electron chi connectivity index (χ3n) is 3.07. The molecule has 0 fully saturated rings. The molecule has 20 heavy (non-hydrogen) atoms. The van der Waals surface area contributed by atoms with Gasteiger partial charge >= 0.3 is 0 Å². The van der Waals surface area contributed by atoms with Crippen LogP contribution in [0.1, 0.15) is 19.9 Å². The number of methoxy groups -OCH3 is 1. The van der Waals surface area contributed by atoms with Crippen LogP contribution in [0, 0.1) is 0 Å². The summed E-state index contributed by atoms with van der Waals surface area (Å²) in [5.41, 5.74) is 0.890. The van der Waals surface area contributed by atoms with Gasteiger partial charge in [-0.1, -0.05) is 0 Å². The van der Waals surface area contributed by atoms with Gasteiger partial charge < -0.3 is 14.0 Å². The minimum absolute atomic E-state index is 0.0194. The first-order chi connectivity index (χ1) is 9.54. The summed E-state index contributed by atoms with van der Waals surface area (Å²) in [4.78, 5) is 12.2. The third kappa shape index (κ3) is 3.04. The fourth-order valence-corrected chi connectivity index (χ4v) is 2.50. The molecule has 1 aromatic carbocycles. The number of halogens is 1. The zero-order valence-corrected chi connectivity index (χ0v) is 13.4. The predicted octanol–water partition coefficient (Wildman–Crippen LogP) is 3.37. The molecular weight excluding hydrogens is 322 g/mol. The van der Waals surface area contributed by atoms with Crippen LogP contribution in [0.25, 0.3) is 10.9 Å². The first-order valence-corrected chi connectivity index (χ1v) is 7.30. The molecule has 0 amide bonds. The average molecular weight is 340 g/mol. The summed E-state index contributed by atoms with van der Waals surface area (Å²) >= 11 is 3.33. The van der Waals surface area contributed by atoms with Crippen LogP contribution in [-0.4, -0.2) is 24.9 Å². The number of ether oxygens (including phenoxy) is 2. The van der Waals surface area contributed by atoms with Gasteiger partial charge in [-0.15, -0.1) is 0 Å². The predicted molar refractivity (Wildman–Crippen MR) is 83.7 cm³/mol. The largest absolute Gasteiger partial charge is 0.491 e. The smallest absolute Gasteiger partial charge is 0.203 e. The molecule has 2 rings (SSSR count). The summed E-state index contributed by atoms with van der Waals surface area (Å²) in [5.74, 6) is 0.681. The van der Waals surface area contributed by atoms with Crippen LogP contribution >= 0.6 is 15.9 Å². The van der Waals surface area contributed by atoms with Gasteiger partial charge in [0.25, 0.3) is 0 Å². The Hall–Kier alpha value is -1.33. The summed E-state index contributed by atoms with van der Waals surface area (Å²) in [6.07, 6.45) is 1.83. The highest BCUT2D eigenvalue weighted by Gasteiger charge is 2.10. The number of aromatic nitrogens is 1. The number of hydrogen-bond acceptors (Lipinski definition) is 3. The number of nitrogens with zero attached hydrogens (tertiary/aromatic N) is 1. The van der Waals surface area contributed by atoms with Crippen LogP contribution in [0.5, 0.6) is 5.75 Å². The second kappa shape index (κ2) is 6.41. The highest BCUT2D eigenvalue weighted by Crippen LogP contribution is 2.23. The van der Waals surface area contributed by atoms with Crippen LogP contribution in [0.15, 0.2) is 33.7 Å². The van der Waals surface area contributed by atoms with E-state index in [9.17, 15) is 4.79 Å². The van der Waals surface area contributed by atoms with E-state index in [4.69, 9.17) is 9.47 Å². The molecule has 2 aromatic rings. The number of rotatable bonds is 5. The van der Waals surface area contributed by atoms with E-state index in [1.165, 1.54) is 0 Å². The second-order valence-electron chi connectivity index (χ2n) is 4.83. The molecule has 0 aliphatic rings. The summed E-state index contributed by atoms with van der Waals surface area (Å²) in [6, 6.07) is 5.86. The molecule has 0 saturated carbocycles. The molecule has 0 unspecified atom stereocenters. The van der Waals surface area contributed by atoms with Crippen LogP contribution in [0.2, 0.25) is 0 Å². The van der Waals surface area contributed by atoms with Gasteiger partial charge in [0, 0.05) is 19.3 Å². The maximum absolute atomic E-state index is 12.2. The quantitative estimate of drug-likeness (QED) is 0.784. The molecule has 0 bridgehead atoms. The van der Waals surface area contributed by atoms with E-state index in [0.717, 1.165) is 5.52 Å². The van der Waals surface area contributed by atoms with E-state index in [-0.39, 0.29) is 11.5 Å². The first-order valence-electron chi connectivity index (χ1n) is 6.50. The van der Waals surface area contributed by atoms with Crippen molar-refractivity contribution >= 4 is 26.8 Å². The summed E-state index contributed by atoms with van der Waals surface area (Å²) in [7, 11) is 1.63. The van der Waals surface area contributed by atoms with Crippen LogP contribution in [0.3, 0.4) is 0 Å². The normalized spacial score (nSPS) is 11.2. The highest BCUT2D eigenvalue weighted by atomic mass is 79.9. The molecule has 0 aliphatic heterocycles. The maximum atomic E-state index is 12.2. The zero-order valence-electron chi connectivity index (χ0n) is 11.9. The summed E-state index contributed by atoms with van der Waals surface area (Å²) < 4.78 is 13.1. The minimum Gasteiger partial charge on any atom is -0.491 e. The monoisotopic (exact) mass is 339 g/mol. The molecule has 0 N–H and O–H groups in total. The molecule has 0 radical (unpaired) electrons. The van der Waals surface area contributed by atoms with Crippen LogP contribution < -0.4 is 10.2 Å². The van der Waals surface area contributed by atoms with E-state index in [1.807, 2.05) is 18.3 Å². The van der Waals surface area contributed by atoms with Gasteiger partial charge in [-0.05, 0) is 48.0 Å². The van der Waals surface area contributed by atoms with E-state index >= 15 is 0 Å². The minimum atomic E-state index is -0.0194. The molecule has 1 heterocycles. The maximum Gasteiger partial charge on any atom is 0.203 e. The molecule has 0 spiro atoms. The van der Waals surface area contributed by atoms with Crippen molar-refractivity contribution in [1.82, 2.24) is 4.57 Å². The first kappa shape index (κ1) is 15.1. The van der Waals surface area contributed by atoms with Crippen molar-refractivity contribution < 1.29 is 9.47 Å². The highest BCUT2D eigenvalue weighted by molar-refractivity contribution is 9.10. The van der Waals surface area contributed by atoms with Gasteiger partial charge in [0.1, 0.15) is 12.4 Å². The van der Waals surface area contributed by atoms with Crippen LogP contribution in [0.4, 0.5) is 0 Å². The summed E-state index contributed by atoms with van der Waals surface area (Å²) in [6.45, 7) is 5.15. The SMILES string of the molecule is COCCOc1ccc2c(c1)c(=O)c(Br)cn2C(C)C. The Bertz CT molecular complexity index is 664. The molecule has 5 heteroatoms. The second-order valence-corrected chi connectivity index (χ2v) is 5.68. The Morgan fingerprint density at radius 1 is 1.30 bits per heavy atom. The fourth-order valence-electron chi connectivity index (χ4n) is 2.06. The number of benzene rings is 1. The average Bonchev–Trinajstić information content (AvgIpc) is 2.43. The molecule has 1 aromatic heterocycles. The molecule has 0 atom stereocenters. The lowest BCUT2D eigenvalue weighted by Crippen LogP contribution is -2.12. The van der Waals surface area contributed by atoms with Crippen molar-refractivity contribution in [2.45, 2.75) is 19.9 Å². The van der Waals surface area contributed by atoms with Crippen LogP contribution in [-0.2, 0) is 4.74 Å². The Labute approximate surface area is 126 Å². The van der Waals surface area contributed by atoms with Crippen molar-refractivity contribution in [1.29, 1.82) is 0 Å². The lowest BCUT2D eigenvalue weighted by atomic mass is 10.2. The van der Waals surface area contributed by atoms with Gasteiger partial charge in [0.05, 0.1) is 22.0 Å². The molecule has 0 aliphatic carbocycles. The molecular formula is C15H18BrNO3. The number of pyridine rings is 1. The van der Waals surface area contributed by atoms with Crippen molar-refractivity contribution in [3.63, 3.8) is 0 Å².